The lowest BCUT2D eigenvalue weighted by molar-refractivity contribution is -0.384. The molecule has 0 saturated carbocycles. The summed E-state index contributed by atoms with van der Waals surface area (Å²) < 4.78 is 6.32. The number of terminal acetylenes is 1. The summed E-state index contributed by atoms with van der Waals surface area (Å²) >= 11 is 2.13. The van der Waals surface area contributed by atoms with Crippen LogP contribution >= 0.6 is 22.6 Å². The Labute approximate surface area is 157 Å². The smallest absolute Gasteiger partial charge is 0.271 e. The molecular formula is C17H12IN3O4. The van der Waals surface area contributed by atoms with Crippen LogP contribution in [0.1, 0.15) is 15.9 Å². The van der Waals surface area contributed by atoms with Crippen molar-refractivity contribution in [3.05, 3.63) is 67.3 Å². The molecule has 2 aromatic carbocycles. The number of nitrogens with one attached hydrogen (secondary N) is 1. The number of rotatable bonds is 6. The summed E-state index contributed by atoms with van der Waals surface area (Å²) in [7, 11) is 0. The Kier molecular flexibility index (Phi) is 6.47. The summed E-state index contributed by atoms with van der Waals surface area (Å²) in [6.45, 7) is 0.00760. The van der Waals surface area contributed by atoms with E-state index in [4.69, 9.17) is 11.2 Å². The lowest BCUT2D eigenvalue weighted by atomic mass is 10.2. The van der Waals surface area contributed by atoms with Gasteiger partial charge in [0.1, 0.15) is 12.4 Å². The highest BCUT2D eigenvalue weighted by atomic mass is 127. The third kappa shape index (κ3) is 5.29. The Morgan fingerprint density at radius 2 is 2.08 bits per heavy atom. The van der Waals surface area contributed by atoms with E-state index in [1.807, 2.05) is 0 Å². The summed E-state index contributed by atoms with van der Waals surface area (Å²) in [5.74, 6) is 2.24. The third-order valence-corrected chi connectivity index (χ3v) is 3.71. The minimum Gasteiger partial charge on any atom is -0.480 e. The number of nitrogens with zero attached hydrogens (tertiary/aromatic N) is 2. The van der Waals surface area contributed by atoms with Crippen molar-refractivity contribution in [1.29, 1.82) is 0 Å². The number of hydrogen-bond acceptors (Lipinski definition) is 5. The number of nitro groups is 1. The number of ether oxygens (including phenoxy) is 1. The van der Waals surface area contributed by atoms with Gasteiger partial charge >= 0.3 is 0 Å². The van der Waals surface area contributed by atoms with Gasteiger partial charge < -0.3 is 4.74 Å². The zero-order valence-corrected chi connectivity index (χ0v) is 15.0. The Balaban J connectivity index is 2.16. The Morgan fingerprint density at radius 3 is 2.72 bits per heavy atom. The molecule has 2 rings (SSSR count). The van der Waals surface area contributed by atoms with Gasteiger partial charge in [0.25, 0.3) is 11.6 Å². The molecule has 126 valence electrons. The molecule has 8 heteroatoms. The number of halogens is 1. The summed E-state index contributed by atoms with van der Waals surface area (Å²) in [5.41, 5.74) is 3.01. The lowest BCUT2D eigenvalue weighted by Gasteiger charge is -2.06. The standard InChI is InChI=1S/C17H12IN3O4/c1-2-9-25-16-8-7-15(21(23)24)10-13(16)11-19-20-17(22)12-3-5-14(18)6-4-12/h1,3-8,10-11H,9H2,(H,20,22)/b19-11-. The van der Waals surface area contributed by atoms with Crippen molar-refractivity contribution in [3.8, 4) is 18.1 Å². The Bertz CT molecular complexity index is 857. The summed E-state index contributed by atoms with van der Waals surface area (Å²) in [6, 6.07) is 10.9. The molecule has 0 bridgehead atoms. The molecule has 1 N–H and O–H groups in total. The molecular weight excluding hydrogens is 437 g/mol. The predicted molar refractivity (Wildman–Crippen MR) is 102 cm³/mol. The number of hydrogen-bond donors (Lipinski definition) is 1. The van der Waals surface area contributed by atoms with E-state index >= 15 is 0 Å². The van der Waals surface area contributed by atoms with E-state index in [-0.39, 0.29) is 12.3 Å². The van der Waals surface area contributed by atoms with Gasteiger partial charge in [-0.3, -0.25) is 14.9 Å². The van der Waals surface area contributed by atoms with Crippen LogP contribution in [0.5, 0.6) is 5.75 Å². The predicted octanol–water partition coefficient (Wildman–Crippen LogP) is 2.98. The van der Waals surface area contributed by atoms with Crippen LogP contribution < -0.4 is 10.2 Å². The van der Waals surface area contributed by atoms with Crippen LogP contribution in [0.3, 0.4) is 0 Å². The molecule has 2 aromatic rings. The van der Waals surface area contributed by atoms with Crippen LogP contribution in [0.25, 0.3) is 0 Å². The molecule has 0 spiro atoms. The van der Waals surface area contributed by atoms with Gasteiger partial charge in [0.05, 0.1) is 11.1 Å². The first kappa shape index (κ1) is 18.4. The molecule has 7 nitrogen and oxygen atoms in total. The Morgan fingerprint density at radius 1 is 1.36 bits per heavy atom. The van der Waals surface area contributed by atoms with Crippen molar-refractivity contribution < 1.29 is 14.5 Å². The van der Waals surface area contributed by atoms with Crippen LogP contribution in [0.2, 0.25) is 0 Å². The van der Waals surface area contributed by atoms with Crippen molar-refractivity contribution >= 4 is 40.4 Å². The second-order valence-corrected chi connectivity index (χ2v) is 5.92. The number of non-ortho nitro benzene ring substituents is 1. The second-order valence-electron chi connectivity index (χ2n) is 4.68. The van der Waals surface area contributed by atoms with E-state index in [1.165, 1.54) is 24.4 Å². The van der Waals surface area contributed by atoms with Crippen molar-refractivity contribution in [3.63, 3.8) is 0 Å². The highest BCUT2D eigenvalue weighted by Gasteiger charge is 2.11. The van der Waals surface area contributed by atoms with Gasteiger partial charge in [-0.05, 0) is 52.9 Å². The van der Waals surface area contributed by atoms with E-state index in [2.05, 4.69) is 39.0 Å². The lowest BCUT2D eigenvalue weighted by Crippen LogP contribution is -2.17. The van der Waals surface area contributed by atoms with Crippen LogP contribution in [0, 0.1) is 26.0 Å². The van der Waals surface area contributed by atoms with Gasteiger partial charge in [-0.15, -0.1) is 6.42 Å². The van der Waals surface area contributed by atoms with Crippen LogP contribution in [-0.2, 0) is 0 Å². The van der Waals surface area contributed by atoms with Crippen LogP contribution in [0.4, 0.5) is 5.69 Å². The first-order valence-electron chi connectivity index (χ1n) is 6.95. The second kappa shape index (κ2) is 8.79. The van der Waals surface area contributed by atoms with Crippen molar-refractivity contribution in [1.82, 2.24) is 5.43 Å². The number of carbonyl (C=O) groups excluding carboxylic acids is 1. The maximum Gasteiger partial charge on any atom is 0.271 e. The fraction of sp³-hybridized carbons (Fsp3) is 0.0588. The molecule has 0 radical (unpaired) electrons. The number of hydrazone groups is 1. The minimum absolute atomic E-state index is 0.00760. The van der Waals surface area contributed by atoms with Gasteiger partial charge in [0, 0.05) is 26.8 Å². The summed E-state index contributed by atoms with van der Waals surface area (Å²) in [4.78, 5) is 22.3. The topological polar surface area (TPSA) is 93.8 Å². The van der Waals surface area contributed by atoms with Gasteiger partial charge in [-0.2, -0.15) is 5.10 Å². The summed E-state index contributed by atoms with van der Waals surface area (Å²) in [5, 5.41) is 14.7. The number of amides is 1. The molecule has 0 atom stereocenters. The van der Waals surface area contributed by atoms with Gasteiger partial charge in [-0.25, -0.2) is 5.43 Å². The monoisotopic (exact) mass is 449 g/mol. The molecule has 0 saturated heterocycles. The van der Waals surface area contributed by atoms with E-state index in [0.29, 0.717) is 16.9 Å². The van der Waals surface area contributed by atoms with Crippen molar-refractivity contribution in [2.75, 3.05) is 6.61 Å². The zero-order chi connectivity index (χ0) is 18.2. The third-order valence-electron chi connectivity index (χ3n) is 2.99. The largest absolute Gasteiger partial charge is 0.480 e. The fourth-order valence-corrected chi connectivity index (χ4v) is 2.19. The maximum atomic E-state index is 12.0. The average Bonchev–Trinajstić information content (AvgIpc) is 2.60. The fourth-order valence-electron chi connectivity index (χ4n) is 1.83. The van der Waals surface area contributed by atoms with Crippen molar-refractivity contribution in [2.45, 2.75) is 0 Å². The number of benzene rings is 2. The van der Waals surface area contributed by atoms with E-state index in [9.17, 15) is 14.9 Å². The van der Waals surface area contributed by atoms with Crippen LogP contribution in [-0.4, -0.2) is 23.7 Å². The average molecular weight is 449 g/mol. The molecule has 25 heavy (non-hydrogen) atoms. The molecule has 0 aliphatic carbocycles. The first-order valence-corrected chi connectivity index (χ1v) is 8.03. The number of carbonyl (C=O) groups is 1. The molecule has 0 aliphatic heterocycles. The van der Waals surface area contributed by atoms with Crippen molar-refractivity contribution in [2.24, 2.45) is 5.10 Å². The Hall–Kier alpha value is -2.93. The summed E-state index contributed by atoms with van der Waals surface area (Å²) in [6.07, 6.45) is 6.41. The van der Waals surface area contributed by atoms with Gasteiger partial charge in [0.15, 0.2) is 0 Å². The number of nitro benzene ring substituents is 1. The SMILES string of the molecule is C#CCOc1ccc([N+](=O)[O-])cc1/C=N\NC(=O)c1ccc(I)cc1. The molecule has 0 unspecified atom stereocenters. The van der Waals surface area contributed by atoms with E-state index in [1.54, 1.807) is 24.3 Å². The zero-order valence-electron chi connectivity index (χ0n) is 12.8. The molecule has 1 amide bonds. The molecule has 0 aromatic heterocycles. The van der Waals surface area contributed by atoms with E-state index in [0.717, 1.165) is 3.57 Å². The minimum atomic E-state index is -0.535. The normalized spacial score (nSPS) is 10.2. The van der Waals surface area contributed by atoms with E-state index < -0.39 is 10.8 Å². The van der Waals surface area contributed by atoms with Crippen LogP contribution in [0.15, 0.2) is 47.6 Å². The van der Waals surface area contributed by atoms with Gasteiger partial charge in [-0.1, -0.05) is 5.92 Å². The quantitative estimate of drug-likeness (QED) is 0.241. The molecule has 0 aliphatic rings. The highest BCUT2D eigenvalue weighted by molar-refractivity contribution is 14.1. The molecule has 0 heterocycles. The molecule has 0 fully saturated rings. The van der Waals surface area contributed by atoms with Gasteiger partial charge in [0.2, 0.25) is 0 Å². The maximum absolute atomic E-state index is 12.0. The first-order chi connectivity index (χ1) is 12.0. The highest BCUT2D eigenvalue weighted by Crippen LogP contribution is 2.22.